The molecule has 0 spiro atoms. The van der Waals surface area contributed by atoms with Crippen molar-refractivity contribution in [2.45, 2.75) is 13.5 Å². The highest BCUT2D eigenvalue weighted by molar-refractivity contribution is 7.92. The number of hydrogen-bond acceptors (Lipinski definition) is 6. The van der Waals surface area contributed by atoms with Crippen LogP contribution in [0.2, 0.25) is 0 Å². The van der Waals surface area contributed by atoms with Gasteiger partial charge in [0.1, 0.15) is 18.7 Å². The summed E-state index contributed by atoms with van der Waals surface area (Å²) in [5, 5.41) is 2.48. The Morgan fingerprint density at radius 3 is 2.50 bits per heavy atom. The molecular formula is C24H21NO6S. The van der Waals surface area contributed by atoms with Crippen LogP contribution in [-0.2, 0) is 26.2 Å². The molecule has 4 aromatic rings. The zero-order valence-electron chi connectivity index (χ0n) is 17.6. The lowest BCUT2D eigenvalue weighted by molar-refractivity contribution is -0.143. The Labute approximate surface area is 184 Å². The summed E-state index contributed by atoms with van der Waals surface area (Å²) in [6.45, 7) is 1.09. The minimum Gasteiger partial charge on any atom is -0.459 e. The first-order valence-corrected chi connectivity index (χ1v) is 11.7. The Kier molecular flexibility index (Phi) is 5.71. The number of para-hydroxylation sites is 1. The van der Waals surface area contributed by atoms with Crippen molar-refractivity contribution in [1.82, 2.24) is 0 Å². The third kappa shape index (κ3) is 4.36. The molecule has 0 radical (unpaired) electrons. The normalized spacial score (nSPS) is 11.6. The van der Waals surface area contributed by atoms with Gasteiger partial charge in [-0.1, -0.05) is 48.5 Å². The summed E-state index contributed by atoms with van der Waals surface area (Å²) in [5.74, 6) is -0.736. The molecule has 0 N–H and O–H groups in total. The summed E-state index contributed by atoms with van der Waals surface area (Å²) in [7, 11) is -3.72. The standard InChI is InChI=1S/C24H21NO6S/c1-16-7-3-6-10-20(16)25(32(2,28)29)14-23(27)30-15-18-13-22(26)31-21-12-11-17-8-4-5-9-19(17)24(18)21/h3-13H,14-15H2,1-2H3. The smallest absolute Gasteiger partial charge is 0.336 e. The molecular weight excluding hydrogens is 430 g/mol. The number of ether oxygens (including phenoxy) is 1. The van der Waals surface area contributed by atoms with Gasteiger partial charge in [-0.15, -0.1) is 0 Å². The molecule has 1 aromatic heterocycles. The Bertz CT molecular complexity index is 1490. The fraction of sp³-hybridized carbons (Fsp3) is 0.167. The van der Waals surface area contributed by atoms with Gasteiger partial charge in [-0.25, -0.2) is 13.2 Å². The number of rotatable bonds is 6. The zero-order chi connectivity index (χ0) is 22.9. The summed E-state index contributed by atoms with van der Waals surface area (Å²) >= 11 is 0. The van der Waals surface area contributed by atoms with Crippen LogP contribution < -0.4 is 9.93 Å². The van der Waals surface area contributed by atoms with Crippen LogP contribution in [0.3, 0.4) is 0 Å². The number of hydrogen-bond donors (Lipinski definition) is 0. The van der Waals surface area contributed by atoms with Crippen molar-refractivity contribution in [2.24, 2.45) is 0 Å². The van der Waals surface area contributed by atoms with Crippen molar-refractivity contribution in [2.75, 3.05) is 17.1 Å². The van der Waals surface area contributed by atoms with Crippen LogP contribution in [0.5, 0.6) is 0 Å². The van der Waals surface area contributed by atoms with Crippen LogP contribution in [0.1, 0.15) is 11.1 Å². The van der Waals surface area contributed by atoms with E-state index in [1.807, 2.05) is 30.3 Å². The van der Waals surface area contributed by atoms with E-state index in [1.165, 1.54) is 6.07 Å². The summed E-state index contributed by atoms with van der Waals surface area (Å²) in [6.07, 6.45) is 1.04. The summed E-state index contributed by atoms with van der Waals surface area (Å²) in [5.41, 5.74) is 1.44. The minimum absolute atomic E-state index is 0.194. The van der Waals surface area contributed by atoms with Crippen molar-refractivity contribution in [3.8, 4) is 0 Å². The predicted molar refractivity (Wildman–Crippen MR) is 123 cm³/mol. The van der Waals surface area contributed by atoms with E-state index >= 15 is 0 Å². The first kappa shape index (κ1) is 21.6. The van der Waals surface area contributed by atoms with Crippen LogP contribution in [-0.4, -0.2) is 27.2 Å². The molecule has 0 unspecified atom stereocenters. The van der Waals surface area contributed by atoms with E-state index in [0.717, 1.165) is 21.3 Å². The lowest BCUT2D eigenvalue weighted by Crippen LogP contribution is -2.36. The number of aryl methyl sites for hydroxylation is 1. The number of carbonyl (C=O) groups is 1. The molecule has 0 aliphatic carbocycles. The van der Waals surface area contributed by atoms with Gasteiger partial charge in [0.2, 0.25) is 10.0 Å². The quantitative estimate of drug-likeness (QED) is 0.252. The van der Waals surface area contributed by atoms with Crippen LogP contribution >= 0.6 is 0 Å². The Morgan fingerprint density at radius 2 is 1.75 bits per heavy atom. The fourth-order valence-corrected chi connectivity index (χ4v) is 4.58. The molecule has 0 aliphatic rings. The van der Waals surface area contributed by atoms with Gasteiger partial charge in [-0.05, 0) is 35.4 Å². The SMILES string of the molecule is Cc1ccccc1N(CC(=O)OCc1cc(=O)oc2ccc3ccccc3c12)S(C)(=O)=O. The molecule has 3 aromatic carbocycles. The molecule has 0 aliphatic heterocycles. The van der Waals surface area contributed by atoms with Gasteiger partial charge in [-0.3, -0.25) is 9.10 Å². The van der Waals surface area contributed by atoms with Crippen molar-refractivity contribution in [3.63, 3.8) is 0 Å². The first-order valence-electron chi connectivity index (χ1n) is 9.87. The molecule has 4 rings (SSSR count). The Morgan fingerprint density at radius 1 is 1.03 bits per heavy atom. The van der Waals surface area contributed by atoms with E-state index < -0.39 is 28.2 Å². The van der Waals surface area contributed by atoms with Crippen molar-refractivity contribution in [3.05, 3.63) is 88.3 Å². The molecule has 7 nitrogen and oxygen atoms in total. The molecule has 32 heavy (non-hydrogen) atoms. The molecule has 0 amide bonds. The van der Waals surface area contributed by atoms with E-state index in [2.05, 4.69) is 0 Å². The molecule has 0 bridgehead atoms. The van der Waals surface area contributed by atoms with Gasteiger partial charge in [0.25, 0.3) is 0 Å². The summed E-state index contributed by atoms with van der Waals surface area (Å²) in [4.78, 5) is 24.6. The molecule has 0 saturated heterocycles. The van der Waals surface area contributed by atoms with Crippen LogP contribution in [0.15, 0.2) is 75.9 Å². The number of nitrogens with zero attached hydrogens (tertiary/aromatic N) is 1. The lowest BCUT2D eigenvalue weighted by atomic mass is 10.0. The van der Waals surface area contributed by atoms with Crippen molar-refractivity contribution >= 4 is 43.4 Å². The molecule has 1 heterocycles. The average Bonchev–Trinajstić information content (AvgIpc) is 2.75. The topological polar surface area (TPSA) is 93.9 Å². The largest absolute Gasteiger partial charge is 0.459 e. The summed E-state index contributed by atoms with van der Waals surface area (Å²) in [6, 6.07) is 19.3. The fourth-order valence-electron chi connectivity index (χ4n) is 3.68. The second-order valence-corrected chi connectivity index (χ2v) is 9.37. The first-order chi connectivity index (χ1) is 15.2. The van der Waals surface area contributed by atoms with E-state index in [4.69, 9.17) is 9.15 Å². The Hall–Kier alpha value is -3.65. The van der Waals surface area contributed by atoms with Crippen molar-refractivity contribution in [1.29, 1.82) is 0 Å². The third-order valence-corrected chi connectivity index (χ3v) is 6.29. The highest BCUT2D eigenvalue weighted by Crippen LogP contribution is 2.28. The average molecular weight is 452 g/mol. The number of fused-ring (bicyclic) bond motifs is 3. The van der Waals surface area contributed by atoms with Crippen LogP contribution in [0.4, 0.5) is 5.69 Å². The molecule has 0 saturated carbocycles. The number of sulfonamides is 1. The lowest BCUT2D eigenvalue weighted by Gasteiger charge is -2.23. The molecule has 8 heteroatoms. The second-order valence-electron chi connectivity index (χ2n) is 7.47. The van der Waals surface area contributed by atoms with Crippen LogP contribution in [0.25, 0.3) is 21.7 Å². The van der Waals surface area contributed by atoms with E-state index in [9.17, 15) is 18.0 Å². The maximum Gasteiger partial charge on any atom is 0.336 e. The van der Waals surface area contributed by atoms with Crippen molar-refractivity contribution < 1.29 is 22.4 Å². The van der Waals surface area contributed by atoms with Gasteiger partial charge >= 0.3 is 11.6 Å². The molecule has 164 valence electrons. The van der Waals surface area contributed by atoms with Gasteiger partial charge in [0.05, 0.1) is 11.9 Å². The summed E-state index contributed by atoms with van der Waals surface area (Å²) < 4.78 is 36.4. The predicted octanol–water partition coefficient (Wildman–Crippen LogP) is 3.76. The number of benzene rings is 3. The number of carbonyl (C=O) groups excluding carboxylic acids is 1. The van der Waals surface area contributed by atoms with Gasteiger partial charge < -0.3 is 9.15 Å². The zero-order valence-corrected chi connectivity index (χ0v) is 18.4. The van der Waals surface area contributed by atoms with E-state index in [-0.39, 0.29) is 6.61 Å². The Balaban J connectivity index is 1.63. The van der Waals surface area contributed by atoms with Gasteiger partial charge in [0.15, 0.2) is 0 Å². The third-order valence-electron chi connectivity index (χ3n) is 5.16. The van der Waals surface area contributed by atoms with Gasteiger partial charge in [0, 0.05) is 17.0 Å². The number of esters is 1. The highest BCUT2D eigenvalue weighted by atomic mass is 32.2. The van der Waals surface area contributed by atoms with Gasteiger partial charge in [-0.2, -0.15) is 0 Å². The maximum absolute atomic E-state index is 12.6. The minimum atomic E-state index is -3.72. The number of anilines is 1. The molecule has 0 fully saturated rings. The monoisotopic (exact) mass is 451 g/mol. The highest BCUT2D eigenvalue weighted by Gasteiger charge is 2.23. The second kappa shape index (κ2) is 8.47. The molecule has 0 atom stereocenters. The van der Waals surface area contributed by atoms with E-state index in [0.29, 0.717) is 27.8 Å². The van der Waals surface area contributed by atoms with Crippen LogP contribution in [0, 0.1) is 6.92 Å². The van der Waals surface area contributed by atoms with E-state index in [1.54, 1.807) is 37.3 Å². The maximum atomic E-state index is 12.6.